The molecule has 0 heterocycles. The first-order valence-electron chi connectivity index (χ1n) is 6.82. The predicted molar refractivity (Wildman–Crippen MR) is 72.1 cm³/mol. The van der Waals surface area contributed by atoms with Gasteiger partial charge in [0.1, 0.15) is 0 Å². The van der Waals surface area contributed by atoms with Crippen molar-refractivity contribution < 1.29 is 9.47 Å². The van der Waals surface area contributed by atoms with Crippen LogP contribution in [-0.4, -0.2) is 24.9 Å². The average molecular weight is 240 g/mol. The van der Waals surface area contributed by atoms with Gasteiger partial charge in [-0.05, 0) is 59.3 Å². The Labute approximate surface area is 106 Å². The molecule has 100 valence electrons. The van der Waals surface area contributed by atoms with Crippen LogP contribution in [-0.2, 0) is 9.47 Å². The molecular formula is C15H28O2. The summed E-state index contributed by atoms with van der Waals surface area (Å²) >= 11 is 0. The lowest BCUT2D eigenvalue weighted by Gasteiger charge is -2.20. The summed E-state index contributed by atoms with van der Waals surface area (Å²) in [4.78, 5) is 0. The van der Waals surface area contributed by atoms with Crippen molar-refractivity contribution in [1.82, 2.24) is 0 Å². The molecule has 0 aromatic heterocycles. The van der Waals surface area contributed by atoms with Crippen LogP contribution in [0.1, 0.15) is 47.5 Å². The van der Waals surface area contributed by atoms with E-state index in [9.17, 15) is 0 Å². The Balaban J connectivity index is 2.51. The molecule has 1 aliphatic carbocycles. The van der Waals surface area contributed by atoms with Gasteiger partial charge in [-0.15, -0.1) is 0 Å². The lowest BCUT2D eigenvalue weighted by Crippen LogP contribution is -2.18. The predicted octanol–water partition coefficient (Wildman–Crippen LogP) is 3.81. The first-order chi connectivity index (χ1) is 7.90. The summed E-state index contributed by atoms with van der Waals surface area (Å²) < 4.78 is 11.7. The van der Waals surface area contributed by atoms with Crippen LogP contribution in [0, 0.1) is 11.8 Å². The topological polar surface area (TPSA) is 18.5 Å². The zero-order valence-corrected chi connectivity index (χ0v) is 12.0. The Bertz CT molecular complexity index is 245. The summed E-state index contributed by atoms with van der Waals surface area (Å²) in [5.74, 6) is 1.15. The molecule has 17 heavy (non-hydrogen) atoms. The fourth-order valence-corrected chi connectivity index (χ4v) is 2.67. The largest absolute Gasteiger partial charge is 0.378 e. The molecule has 2 nitrogen and oxygen atoms in total. The van der Waals surface area contributed by atoms with Crippen molar-refractivity contribution in [1.29, 1.82) is 0 Å². The minimum Gasteiger partial charge on any atom is -0.378 e. The monoisotopic (exact) mass is 240 g/mol. The molecule has 1 unspecified atom stereocenters. The third-order valence-electron chi connectivity index (χ3n) is 3.39. The van der Waals surface area contributed by atoms with Crippen LogP contribution in [0.15, 0.2) is 12.2 Å². The average Bonchev–Trinajstić information content (AvgIpc) is 2.57. The molecule has 0 radical (unpaired) electrons. The Hall–Kier alpha value is -0.340. The van der Waals surface area contributed by atoms with Gasteiger partial charge in [0.2, 0.25) is 0 Å². The van der Waals surface area contributed by atoms with E-state index < -0.39 is 0 Å². The normalized spacial score (nSPS) is 29.2. The molecule has 0 spiro atoms. The fourth-order valence-electron chi connectivity index (χ4n) is 2.67. The quantitative estimate of drug-likeness (QED) is 0.657. The molecule has 2 heteroatoms. The van der Waals surface area contributed by atoms with Crippen molar-refractivity contribution in [3.63, 3.8) is 0 Å². The maximum atomic E-state index is 5.93. The van der Waals surface area contributed by atoms with Crippen molar-refractivity contribution in [2.24, 2.45) is 11.8 Å². The van der Waals surface area contributed by atoms with Gasteiger partial charge >= 0.3 is 0 Å². The number of hydrogen-bond donors (Lipinski definition) is 0. The Kier molecular flexibility index (Phi) is 5.68. The molecule has 1 saturated carbocycles. The van der Waals surface area contributed by atoms with Crippen LogP contribution < -0.4 is 0 Å². The summed E-state index contributed by atoms with van der Waals surface area (Å²) in [5.41, 5.74) is 1.28. The van der Waals surface area contributed by atoms with Crippen molar-refractivity contribution in [3.8, 4) is 0 Å². The smallest absolute Gasteiger partial charge is 0.0588 e. The summed E-state index contributed by atoms with van der Waals surface area (Å²) in [5, 5.41) is 0. The first kappa shape index (κ1) is 14.7. The van der Waals surface area contributed by atoms with E-state index in [2.05, 4.69) is 41.2 Å². The van der Waals surface area contributed by atoms with Gasteiger partial charge in [-0.1, -0.05) is 12.2 Å². The molecule has 0 aromatic rings. The van der Waals surface area contributed by atoms with Gasteiger partial charge in [-0.25, -0.2) is 0 Å². The standard InChI is InChI=1S/C15H28O2/c1-10(2)15-8-14(17-12(5)6)7-13(15)9-16-11(3)4/h11-15H,1,7-9H2,2-6H3/t13-,14+,15?/m0/s1. The van der Waals surface area contributed by atoms with Crippen molar-refractivity contribution in [2.45, 2.75) is 65.8 Å². The van der Waals surface area contributed by atoms with Crippen LogP contribution in [0.2, 0.25) is 0 Å². The van der Waals surface area contributed by atoms with Crippen molar-refractivity contribution in [2.75, 3.05) is 6.61 Å². The Morgan fingerprint density at radius 1 is 1.18 bits per heavy atom. The van der Waals surface area contributed by atoms with E-state index in [1.54, 1.807) is 0 Å². The number of rotatable bonds is 6. The van der Waals surface area contributed by atoms with Crippen LogP contribution in [0.4, 0.5) is 0 Å². The van der Waals surface area contributed by atoms with E-state index in [0.29, 0.717) is 30.1 Å². The zero-order valence-electron chi connectivity index (χ0n) is 12.0. The van der Waals surface area contributed by atoms with Gasteiger partial charge in [0.15, 0.2) is 0 Å². The van der Waals surface area contributed by atoms with Crippen molar-refractivity contribution in [3.05, 3.63) is 12.2 Å². The first-order valence-corrected chi connectivity index (χ1v) is 6.82. The van der Waals surface area contributed by atoms with Gasteiger partial charge in [-0.2, -0.15) is 0 Å². The van der Waals surface area contributed by atoms with E-state index in [4.69, 9.17) is 9.47 Å². The third-order valence-corrected chi connectivity index (χ3v) is 3.39. The van der Waals surface area contributed by atoms with Crippen LogP contribution in [0.5, 0.6) is 0 Å². The Morgan fingerprint density at radius 3 is 2.29 bits per heavy atom. The second kappa shape index (κ2) is 6.55. The number of ether oxygens (including phenoxy) is 2. The van der Waals surface area contributed by atoms with E-state index >= 15 is 0 Å². The molecule has 1 rings (SSSR count). The highest BCUT2D eigenvalue weighted by Crippen LogP contribution is 2.38. The summed E-state index contributed by atoms with van der Waals surface area (Å²) in [6.07, 6.45) is 3.24. The molecule has 0 amide bonds. The molecule has 3 atom stereocenters. The van der Waals surface area contributed by atoms with Gasteiger partial charge < -0.3 is 9.47 Å². The second-order valence-corrected chi connectivity index (χ2v) is 5.87. The maximum Gasteiger partial charge on any atom is 0.0588 e. The van der Waals surface area contributed by atoms with Gasteiger partial charge in [0.25, 0.3) is 0 Å². The molecule has 0 aromatic carbocycles. The molecule has 0 bridgehead atoms. The third kappa shape index (κ3) is 4.81. The zero-order chi connectivity index (χ0) is 13.0. The minimum atomic E-state index is 0.311. The van der Waals surface area contributed by atoms with E-state index in [1.165, 1.54) is 5.57 Å². The van der Waals surface area contributed by atoms with E-state index in [1.807, 2.05) is 0 Å². The molecule has 0 aliphatic heterocycles. The highest BCUT2D eigenvalue weighted by Gasteiger charge is 2.35. The van der Waals surface area contributed by atoms with Crippen LogP contribution >= 0.6 is 0 Å². The Morgan fingerprint density at radius 2 is 1.82 bits per heavy atom. The lowest BCUT2D eigenvalue weighted by atomic mass is 9.91. The van der Waals surface area contributed by atoms with E-state index in [-0.39, 0.29) is 0 Å². The van der Waals surface area contributed by atoms with Gasteiger partial charge in [-0.3, -0.25) is 0 Å². The van der Waals surface area contributed by atoms with Crippen molar-refractivity contribution >= 4 is 0 Å². The summed E-state index contributed by atoms with van der Waals surface area (Å²) in [6, 6.07) is 0. The SMILES string of the molecule is C=C(C)C1C[C@H](OC(C)C)C[C@H]1COC(C)C. The highest BCUT2D eigenvalue weighted by atomic mass is 16.5. The van der Waals surface area contributed by atoms with Gasteiger partial charge in [0.05, 0.1) is 24.9 Å². The number of allylic oxidation sites excluding steroid dienone is 1. The molecule has 0 N–H and O–H groups in total. The van der Waals surface area contributed by atoms with Crippen LogP contribution in [0.3, 0.4) is 0 Å². The molecule has 1 fully saturated rings. The molecule has 1 aliphatic rings. The minimum absolute atomic E-state index is 0.311. The van der Waals surface area contributed by atoms with Crippen LogP contribution in [0.25, 0.3) is 0 Å². The fraction of sp³-hybridized carbons (Fsp3) is 0.867. The lowest BCUT2D eigenvalue weighted by molar-refractivity contribution is 0.00296. The second-order valence-electron chi connectivity index (χ2n) is 5.87. The maximum absolute atomic E-state index is 5.93. The summed E-state index contributed by atoms with van der Waals surface area (Å²) in [6.45, 7) is 15.5. The molecule has 0 saturated heterocycles. The van der Waals surface area contributed by atoms with Gasteiger partial charge in [0, 0.05) is 0 Å². The van der Waals surface area contributed by atoms with E-state index in [0.717, 1.165) is 19.4 Å². The summed E-state index contributed by atoms with van der Waals surface area (Å²) in [7, 11) is 0. The number of hydrogen-bond acceptors (Lipinski definition) is 2. The molecular weight excluding hydrogens is 212 g/mol. The highest BCUT2D eigenvalue weighted by molar-refractivity contribution is 5.04.